The molecule has 1 fully saturated rings. The summed E-state index contributed by atoms with van der Waals surface area (Å²) < 4.78 is 5.38. The number of esters is 1. The van der Waals surface area contributed by atoms with Gasteiger partial charge in [0.15, 0.2) is 0 Å². The summed E-state index contributed by atoms with van der Waals surface area (Å²) in [7, 11) is 0. The standard InChI is InChI=1S/C17H25NO2/c1-17(2,3)16(19)20-12-13-5-4-6-15(11-13)14-7-9-18-10-8-14/h4-6,11,14,18H,7-10,12H2,1-3H3. The summed E-state index contributed by atoms with van der Waals surface area (Å²) in [5.41, 5.74) is 2.02. The maximum absolute atomic E-state index is 11.8. The molecule has 1 aliphatic heterocycles. The van der Waals surface area contributed by atoms with Crippen LogP contribution in [0.15, 0.2) is 24.3 Å². The first-order chi connectivity index (χ1) is 9.47. The Bertz CT molecular complexity index is 456. The van der Waals surface area contributed by atoms with Gasteiger partial charge in [-0.2, -0.15) is 0 Å². The highest BCUT2D eigenvalue weighted by Gasteiger charge is 2.23. The Morgan fingerprint density at radius 2 is 2.00 bits per heavy atom. The number of carbonyl (C=O) groups is 1. The van der Waals surface area contributed by atoms with Crippen LogP contribution in [0.5, 0.6) is 0 Å². The highest BCUT2D eigenvalue weighted by Crippen LogP contribution is 2.26. The molecule has 3 nitrogen and oxygen atoms in total. The molecule has 0 aromatic heterocycles. The SMILES string of the molecule is CC(C)(C)C(=O)OCc1cccc(C2CCNCC2)c1. The third kappa shape index (κ3) is 4.07. The van der Waals surface area contributed by atoms with Crippen LogP contribution in [-0.4, -0.2) is 19.1 Å². The molecule has 110 valence electrons. The van der Waals surface area contributed by atoms with Crippen LogP contribution in [0.3, 0.4) is 0 Å². The summed E-state index contributed by atoms with van der Waals surface area (Å²) in [4.78, 5) is 11.8. The number of benzene rings is 1. The topological polar surface area (TPSA) is 38.3 Å². The van der Waals surface area contributed by atoms with Crippen molar-refractivity contribution in [2.24, 2.45) is 5.41 Å². The van der Waals surface area contributed by atoms with Gasteiger partial charge < -0.3 is 10.1 Å². The minimum Gasteiger partial charge on any atom is -0.460 e. The first-order valence-electron chi connectivity index (χ1n) is 7.43. The predicted molar refractivity (Wildman–Crippen MR) is 80.5 cm³/mol. The van der Waals surface area contributed by atoms with Gasteiger partial charge in [-0.3, -0.25) is 4.79 Å². The molecule has 0 unspecified atom stereocenters. The fourth-order valence-corrected chi connectivity index (χ4v) is 2.46. The Morgan fingerprint density at radius 1 is 1.30 bits per heavy atom. The minimum atomic E-state index is -0.438. The van der Waals surface area contributed by atoms with Crippen molar-refractivity contribution >= 4 is 5.97 Å². The fraction of sp³-hybridized carbons (Fsp3) is 0.588. The second-order valence-electron chi connectivity index (χ2n) is 6.60. The smallest absolute Gasteiger partial charge is 0.311 e. The van der Waals surface area contributed by atoms with E-state index in [9.17, 15) is 4.79 Å². The zero-order valence-corrected chi connectivity index (χ0v) is 12.7. The Labute approximate surface area is 121 Å². The molecule has 0 saturated carbocycles. The zero-order valence-electron chi connectivity index (χ0n) is 12.7. The average Bonchev–Trinajstić information content (AvgIpc) is 2.45. The largest absolute Gasteiger partial charge is 0.460 e. The van der Waals surface area contributed by atoms with Crippen LogP contribution in [0.2, 0.25) is 0 Å². The number of ether oxygens (including phenoxy) is 1. The summed E-state index contributed by atoms with van der Waals surface area (Å²) in [6, 6.07) is 8.47. The molecular weight excluding hydrogens is 250 g/mol. The Morgan fingerprint density at radius 3 is 2.65 bits per heavy atom. The van der Waals surface area contributed by atoms with Gasteiger partial charge in [-0.1, -0.05) is 24.3 Å². The Balaban J connectivity index is 1.97. The molecule has 20 heavy (non-hydrogen) atoms. The second kappa shape index (κ2) is 6.40. The van der Waals surface area contributed by atoms with E-state index < -0.39 is 5.41 Å². The van der Waals surface area contributed by atoms with Crippen LogP contribution in [0, 0.1) is 5.41 Å². The molecule has 0 amide bonds. The van der Waals surface area contributed by atoms with Crippen LogP contribution in [0.4, 0.5) is 0 Å². The molecule has 2 rings (SSSR count). The lowest BCUT2D eigenvalue weighted by molar-refractivity contribution is -0.154. The van der Waals surface area contributed by atoms with Crippen molar-refractivity contribution in [2.75, 3.05) is 13.1 Å². The maximum atomic E-state index is 11.8. The predicted octanol–water partition coefficient (Wildman–Crippen LogP) is 3.24. The van der Waals surface area contributed by atoms with Gasteiger partial charge in [0.2, 0.25) is 0 Å². The van der Waals surface area contributed by atoms with E-state index in [4.69, 9.17) is 4.74 Å². The van der Waals surface area contributed by atoms with Gasteiger partial charge in [0, 0.05) is 0 Å². The van der Waals surface area contributed by atoms with E-state index in [2.05, 4.69) is 23.5 Å². The summed E-state index contributed by atoms with van der Waals surface area (Å²) in [6.07, 6.45) is 2.37. The molecule has 1 aromatic carbocycles. The molecule has 1 heterocycles. The molecule has 1 N–H and O–H groups in total. The van der Waals surface area contributed by atoms with Crippen LogP contribution in [0.1, 0.15) is 50.7 Å². The summed E-state index contributed by atoms with van der Waals surface area (Å²) in [5.74, 6) is 0.485. The van der Waals surface area contributed by atoms with Crippen molar-refractivity contribution in [1.82, 2.24) is 5.32 Å². The summed E-state index contributed by atoms with van der Waals surface area (Å²) in [6.45, 7) is 8.18. The van der Waals surface area contributed by atoms with E-state index >= 15 is 0 Å². The molecule has 0 aliphatic carbocycles. The lowest BCUT2D eigenvalue weighted by Gasteiger charge is -2.23. The minimum absolute atomic E-state index is 0.148. The van der Waals surface area contributed by atoms with Gasteiger partial charge >= 0.3 is 5.97 Å². The molecule has 3 heteroatoms. The van der Waals surface area contributed by atoms with Gasteiger partial charge in [-0.05, 0) is 63.7 Å². The fourth-order valence-electron chi connectivity index (χ4n) is 2.46. The lowest BCUT2D eigenvalue weighted by atomic mass is 9.89. The highest BCUT2D eigenvalue weighted by atomic mass is 16.5. The van der Waals surface area contributed by atoms with E-state index in [0.29, 0.717) is 12.5 Å². The van der Waals surface area contributed by atoms with Crippen LogP contribution in [0.25, 0.3) is 0 Å². The number of carbonyl (C=O) groups excluding carboxylic acids is 1. The number of nitrogens with one attached hydrogen (secondary N) is 1. The highest BCUT2D eigenvalue weighted by molar-refractivity contribution is 5.75. The first kappa shape index (κ1) is 15.0. The van der Waals surface area contributed by atoms with Gasteiger partial charge in [0.1, 0.15) is 6.61 Å². The van der Waals surface area contributed by atoms with Gasteiger partial charge in [-0.15, -0.1) is 0 Å². The molecule has 0 radical (unpaired) electrons. The number of rotatable bonds is 3. The first-order valence-corrected chi connectivity index (χ1v) is 7.43. The average molecular weight is 275 g/mol. The van der Waals surface area contributed by atoms with Gasteiger partial charge in [0.05, 0.1) is 5.41 Å². The van der Waals surface area contributed by atoms with Crippen molar-refractivity contribution in [3.63, 3.8) is 0 Å². The molecule has 0 atom stereocenters. The van der Waals surface area contributed by atoms with Crippen LogP contribution < -0.4 is 5.32 Å². The molecule has 0 bridgehead atoms. The summed E-state index contributed by atoms with van der Waals surface area (Å²) in [5, 5.41) is 3.39. The molecule has 0 spiro atoms. The van der Waals surface area contributed by atoms with E-state index in [1.165, 1.54) is 18.4 Å². The van der Waals surface area contributed by atoms with Crippen LogP contribution >= 0.6 is 0 Å². The third-order valence-electron chi connectivity index (χ3n) is 3.74. The quantitative estimate of drug-likeness (QED) is 0.861. The Kier molecular flexibility index (Phi) is 4.81. The third-order valence-corrected chi connectivity index (χ3v) is 3.74. The van der Waals surface area contributed by atoms with Crippen molar-refractivity contribution in [1.29, 1.82) is 0 Å². The van der Waals surface area contributed by atoms with Crippen molar-refractivity contribution in [2.45, 2.75) is 46.1 Å². The molecular formula is C17H25NO2. The monoisotopic (exact) mass is 275 g/mol. The molecule has 1 aromatic rings. The number of hydrogen-bond donors (Lipinski definition) is 1. The van der Waals surface area contributed by atoms with E-state index in [1.807, 2.05) is 26.8 Å². The normalized spacial score (nSPS) is 16.9. The number of piperidine rings is 1. The zero-order chi connectivity index (χ0) is 14.6. The van der Waals surface area contributed by atoms with E-state index in [1.54, 1.807) is 0 Å². The molecule has 1 saturated heterocycles. The lowest BCUT2D eigenvalue weighted by Crippen LogP contribution is -2.26. The molecule has 1 aliphatic rings. The maximum Gasteiger partial charge on any atom is 0.311 e. The van der Waals surface area contributed by atoms with Gasteiger partial charge in [-0.25, -0.2) is 0 Å². The summed E-state index contributed by atoms with van der Waals surface area (Å²) >= 11 is 0. The van der Waals surface area contributed by atoms with Gasteiger partial charge in [0.25, 0.3) is 0 Å². The Hall–Kier alpha value is -1.35. The van der Waals surface area contributed by atoms with Crippen molar-refractivity contribution in [3.05, 3.63) is 35.4 Å². The van der Waals surface area contributed by atoms with Crippen LogP contribution in [-0.2, 0) is 16.1 Å². The number of hydrogen-bond acceptors (Lipinski definition) is 3. The van der Waals surface area contributed by atoms with Crippen molar-refractivity contribution < 1.29 is 9.53 Å². The second-order valence-corrected chi connectivity index (χ2v) is 6.60. The van der Waals surface area contributed by atoms with Crippen molar-refractivity contribution in [3.8, 4) is 0 Å². The van der Waals surface area contributed by atoms with E-state index in [0.717, 1.165) is 18.7 Å². The van der Waals surface area contributed by atoms with E-state index in [-0.39, 0.29) is 5.97 Å².